The minimum atomic E-state index is -3.02. The van der Waals surface area contributed by atoms with Crippen LogP contribution in [0.4, 0.5) is 0 Å². The van der Waals surface area contributed by atoms with E-state index in [1.54, 1.807) is 24.9 Å². The van der Waals surface area contributed by atoms with Crippen molar-refractivity contribution in [3.05, 3.63) is 17.3 Å². The largest absolute Gasteiger partial charge is 0.341 e. The number of thioether (sulfide) groups is 1. The summed E-state index contributed by atoms with van der Waals surface area (Å²) in [5.74, 6) is 0.0699. The predicted molar refractivity (Wildman–Crippen MR) is 94.0 cm³/mol. The minimum absolute atomic E-state index is 0.0414. The third kappa shape index (κ3) is 3.68. The zero-order valence-electron chi connectivity index (χ0n) is 13.2. The fourth-order valence-electron chi connectivity index (χ4n) is 2.67. The molecule has 2 aromatic rings. The van der Waals surface area contributed by atoms with Gasteiger partial charge in [0.25, 0.3) is 0 Å². The van der Waals surface area contributed by atoms with Crippen LogP contribution in [-0.2, 0) is 14.6 Å². The lowest BCUT2D eigenvalue weighted by atomic mass is 10.2. The maximum atomic E-state index is 12.5. The summed E-state index contributed by atoms with van der Waals surface area (Å²) in [6, 6.07) is 1.48. The van der Waals surface area contributed by atoms with Crippen molar-refractivity contribution in [2.45, 2.75) is 29.8 Å². The Kier molecular flexibility index (Phi) is 4.76. The minimum Gasteiger partial charge on any atom is -0.341 e. The quantitative estimate of drug-likeness (QED) is 0.801. The van der Waals surface area contributed by atoms with E-state index < -0.39 is 15.1 Å². The number of sulfone groups is 1. The van der Waals surface area contributed by atoms with Gasteiger partial charge in [-0.15, -0.1) is 0 Å². The normalized spacial score (nSPS) is 21.0. The lowest BCUT2D eigenvalue weighted by Crippen LogP contribution is -2.41. The molecule has 1 amide bonds. The molecule has 0 radical (unpaired) electrons. The molecule has 1 fully saturated rings. The summed E-state index contributed by atoms with van der Waals surface area (Å²) in [5, 5.41) is 0.691. The number of nitrogens with zero attached hydrogens (tertiary/aromatic N) is 3. The molecule has 24 heavy (non-hydrogen) atoms. The molecule has 0 spiro atoms. The van der Waals surface area contributed by atoms with Crippen molar-refractivity contribution in [1.29, 1.82) is 0 Å². The Labute approximate surface area is 149 Å². The van der Waals surface area contributed by atoms with Crippen molar-refractivity contribution in [2.75, 3.05) is 18.6 Å². The van der Waals surface area contributed by atoms with Crippen molar-refractivity contribution in [1.82, 2.24) is 19.9 Å². The summed E-state index contributed by atoms with van der Waals surface area (Å²) < 4.78 is 23.2. The third-order valence-corrected chi connectivity index (χ3v) is 6.95. The van der Waals surface area contributed by atoms with Crippen LogP contribution in [0, 0.1) is 0 Å². The Bertz CT molecular complexity index is 883. The van der Waals surface area contributed by atoms with Crippen LogP contribution < -0.4 is 0 Å². The molecule has 0 aliphatic carbocycles. The van der Waals surface area contributed by atoms with Crippen LogP contribution in [0.3, 0.4) is 0 Å². The first-order valence-corrected chi connectivity index (χ1v) is 10.5. The zero-order chi connectivity index (χ0) is 17.5. The maximum Gasteiger partial charge on any atom is 0.235 e. The number of aromatic amines is 1. The van der Waals surface area contributed by atoms with E-state index in [2.05, 4.69) is 15.0 Å². The fourth-order valence-corrected chi connectivity index (χ4v) is 5.52. The van der Waals surface area contributed by atoms with Gasteiger partial charge in [0, 0.05) is 19.3 Å². The van der Waals surface area contributed by atoms with Crippen LogP contribution in [0.15, 0.2) is 17.4 Å². The van der Waals surface area contributed by atoms with Crippen LogP contribution in [0.5, 0.6) is 0 Å². The molecule has 1 saturated heterocycles. The monoisotopic (exact) mass is 388 g/mol. The SMILES string of the molecule is C[C@@H](Sc1nc2ncc(Cl)cc2[nH]1)C(=O)N(C)[C@H]1CCS(=O)(=O)C1. The number of H-pyrrole nitrogens is 1. The number of fused-ring (bicyclic) bond motifs is 1. The molecule has 1 aliphatic heterocycles. The molecule has 1 aliphatic rings. The Morgan fingerprint density at radius 3 is 2.96 bits per heavy atom. The topological polar surface area (TPSA) is 96.0 Å². The summed E-state index contributed by atoms with van der Waals surface area (Å²) in [7, 11) is -1.36. The molecular formula is C14H17ClN4O3S2. The molecule has 10 heteroatoms. The first kappa shape index (κ1) is 17.5. The highest BCUT2D eigenvalue weighted by atomic mass is 35.5. The van der Waals surface area contributed by atoms with E-state index in [-0.39, 0.29) is 23.5 Å². The molecular weight excluding hydrogens is 372 g/mol. The first-order chi connectivity index (χ1) is 11.2. The second-order valence-electron chi connectivity index (χ2n) is 5.83. The Balaban J connectivity index is 1.68. The number of carbonyl (C=O) groups excluding carboxylic acids is 1. The van der Waals surface area contributed by atoms with Gasteiger partial charge in [0.15, 0.2) is 20.6 Å². The molecule has 3 rings (SSSR count). The molecule has 0 bridgehead atoms. The third-order valence-electron chi connectivity index (χ3n) is 4.02. The van der Waals surface area contributed by atoms with Crippen molar-refractivity contribution < 1.29 is 13.2 Å². The number of nitrogens with one attached hydrogen (secondary N) is 1. The molecule has 130 valence electrons. The molecule has 2 atom stereocenters. The summed E-state index contributed by atoms with van der Waals surface area (Å²) in [6.45, 7) is 1.78. The molecule has 7 nitrogen and oxygen atoms in total. The number of carbonyl (C=O) groups is 1. The number of halogens is 1. The van der Waals surface area contributed by atoms with Gasteiger partial charge in [0.2, 0.25) is 5.91 Å². The first-order valence-electron chi connectivity index (χ1n) is 7.40. The van der Waals surface area contributed by atoms with Crippen LogP contribution in [0.2, 0.25) is 5.02 Å². The molecule has 0 aromatic carbocycles. The standard InChI is InChI=1S/C14H17ClN4O3S2/c1-8(13(20)19(2)10-3-4-24(21,22)7-10)23-14-17-11-5-9(15)6-16-12(11)18-14/h5-6,8,10H,3-4,7H2,1-2H3,(H,16,17,18)/t8-,10+/m1/s1. The summed E-state index contributed by atoms with van der Waals surface area (Å²) >= 11 is 7.17. The van der Waals surface area contributed by atoms with Crippen molar-refractivity contribution in [2.24, 2.45) is 0 Å². The number of hydrogen-bond donors (Lipinski definition) is 1. The molecule has 1 N–H and O–H groups in total. The second-order valence-corrected chi connectivity index (χ2v) is 9.83. The van der Waals surface area contributed by atoms with Gasteiger partial charge in [-0.05, 0) is 19.4 Å². The Morgan fingerprint density at radius 1 is 1.54 bits per heavy atom. The van der Waals surface area contributed by atoms with E-state index in [0.29, 0.717) is 27.8 Å². The van der Waals surface area contributed by atoms with Crippen molar-refractivity contribution >= 4 is 50.3 Å². The van der Waals surface area contributed by atoms with Gasteiger partial charge in [-0.2, -0.15) is 0 Å². The van der Waals surface area contributed by atoms with Gasteiger partial charge < -0.3 is 9.88 Å². The van der Waals surface area contributed by atoms with E-state index in [1.807, 2.05) is 0 Å². The highest BCUT2D eigenvalue weighted by Gasteiger charge is 2.34. The van der Waals surface area contributed by atoms with Crippen molar-refractivity contribution in [3.63, 3.8) is 0 Å². The van der Waals surface area contributed by atoms with Crippen LogP contribution in [0.1, 0.15) is 13.3 Å². The van der Waals surface area contributed by atoms with Gasteiger partial charge in [0.1, 0.15) is 0 Å². The lowest BCUT2D eigenvalue weighted by Gasteiger charge is -2.25. The van der Waals surface area contributed by atoms with Crippen LogP contribution in [0.25, 0.3) is 11.2 Å². The Morgan fingerprint density at radius 2 is 2.29 bits per heavy atom. The van der Waals surface area contributed by atoms with Crippen molar-refractivity contribution in [3.8, 4) is 0 Å². The Hall–Kier alpha value is -1.32. The van der Waals surface area contributed by atoms with Crippen LogP contribution in [-0.4, -0.2) is 64.0 Å². The lowest BCUT2D eigenvalue weighted by molar-refractivity contribution is -0.130. The van der Waals surface area contributed by atoms with E-state index >= 15 is 0 Å². The smallest absolute Gasteiger partial charge is 0.235 e. The van der Waals surface area contributed by atoms with E-state index in [4.69, 9.17) is 11.6 Å². The summed E-state index contributed by atoms with van der Waals surface area (Å²) in [4.78, 5) is 25.6. The van der Waals surface area contributed by atoms with Gasteiger partial charge in [-0.3, -0.25) is 4.79 Å². The summed E-state index contributed by atoms with van der Waals surface area (Å²) in [6.07, 6.45) is 2.01. The van der Waals surface area contributed by atoms with Gasteiger partial charge in [-0.1, -0.05) is 23.4 Å². The van der Waals surface area contributed by atoms with Gasteiger partial charge >= 0.3 is 0 Å². The average molecular weight is 389 g/mol. The molecule has 3 heterocycles. The number of amides is 1. The number of hydrogen-bond acceptors (Lipinski definition) is 6. The number of pyridine rings is 1. The molecule has 0 unspecified atom stereocenters. The second kappa shape index (κ2) is 6.53. The maximum absolute atomic E-state index is 12.5. The van der Waals surface area contributed by atoms with E-state index in [0.717, 1.165) is 0 Å². The van der Waals surface area contributed by atoms with Crippen LogP contribution >= 0.6 is 23.4 Å². The van der Waals surface area contributed by atoms with Gasteiger partial charge in [-0.25, -0.2) is 18.4 Å². The highest BCUT2D eigenvalue weighted by Crippen LogP contribution is 2.26. The summed E-state index contributed by atoms with van der Waals surface area (Å²) in [5.41, 5.74) is 1.25. The fraction of sp³-hybridized carbons (Fsp3) is 0.500. The molecule has 0 saturated carbocycles. The van der Waals surface area contributed by atoms with E-state index in [1.165, 1.54) is 18.0 Å². The highest BCUT2D eigenvalue weighted by molar-refractivity contribution is 8.00. The number of imidazole rings is 1. The molecule has 2 aromatic heterocycles. The number of rotatable bonds is 4. The number of aromatic nitrogens is 3. The predicted octanol–water partition coefficient (Wildman–Crippen LogP) is 1.74. The van der Waals surface area contributed by atoms with E-state index in [9.17, 15) is 13.2 Å². The average Bonchev–Trinajstić information content (AvgIpc) is 3.07. The van der Waals surface area contributed by atoms with Gasteiger partial charge in [0.05, 0.1) is 27.3 Å². The zero-order valence-corrected chi connectivity index (χ0v) is 15.6.